The maximum atomic E-state index is 12.2. The first-order valence-corrected chi connectivity index (χ1v) is 8.73. The van der Waals surface area contributed by atoms with Gasteiger partial charge in [-0.3, -0.25) is 14.6 Å². The number of aliphatic hydroxyl groups excluding tert-OH is 1. The molecule has 22 heavy (non-hydrogen) atoms. The third-order valence-corrected chi connectivity index (χ3v) is 4.77. The lowest BCUT2D eigenvalue weighted by molar-refractivity contribution is -0.132. The van der Waals surface area contributed by atoms with E-state index < -0.39 is 0 Å². The summed E-state index contributed by atoms with van der Waals surface area (Å²) in [6.45, 7) is 12.2. The van der Waals surface area contributed by atoms with E-state index >= 15 is 0 Å². The lowest BCUT2D eigenvalue weighted by Gasteiger charge is -2.41. The van der Waals surface area contributed by atoms with Crippen molar-refractivity contribution in [2.24, 2.45) is 0 Å². The van der Waals surface area contributed by atoms with Crippen LogP contribution in [0.25, 0.3) is 0 Å². The molecule has 0 spiro atoms. The van der Waals surface area contributed by atoms with Crippen molar-refractivity contribution in [1.29, 1.82) is 0 Å². The molecule has 2 aliphatic heterocycles. The molecule has 0 aromatic carbocycles. The number of hydrogen-bond donors (Lipinski definition) is 2. The fraction of sp³-hybridized carbons (Fsp3) is 0.938. The summed E-state index contributed by atoms with van der Waals surface area (Å²) in [5, 5.41) is 12.9. The quantitative estimate of drug-likeness (QED) is 0.698. The molecule has 2 unspecified atom stereocenters. The zero-order valence-corrected chi connectivity index (χ0v) is 14.1. The molecule has 0 radical (unpaired) electrons. The van der Waals surface area contributed by atoms with E-state index in [2.05, 4.69) is 22.0 Å². The highest BCUT2D eigenvalue weighted by atomic mass is 16.3. The Morgan fingerprint density at radius 3 is 2.64 bits per heavy atom. The number of hydrogen-bond acceptors (Lipinski definition) is 5. The van der Waals surface area contributed by atoms with E-state index in [0.717, 1.165) is 65.3 Å². The van der Waals surface area contributed by atoms with Gasteiger partial charge >= 0.3 is 0 Å². The molecule has 1 amide bonds. The molecule has 2 aliphatic rings. The fourth-order valence-electron chi connectivity index (χ4n) is 3.45. The first kappa shape index (κ1) is 17.7. The SMILES string of the molecule is CCC1CN(CCC(=O)N2CCNCC2)CCN1CC(C)O. The summed E-state index contributed by atoms with van der Waals surface area (Å²) >= 11 is 0. The van der Waals surface area contributed by atoms with Crippen LogP contribution in [-0.4, -0.2) is 96.8 Å². The minimum absolute atomic E-state index is 0.269. The molecule has 0 bridgehead atoms. The van der Waals surface area contributed by atoms with E-state index in [1.54, 1.807) is 0 Å². The van der Waals surface area contributed by atoms with Crippen LogP contribution < -0.4 is 5.32 Å². The first-order chi connectivity index (χ1) is 10.6. The van der Waals surface area contributed by atoms with Crippen LogP contribution in [0.4, 0.5) is 0 Å². The van der Waals surface area contributed by atoms with Gasteiger partial charge in [-0.25, -0.2) is 0 Å². The highest BCUT2D eigenvalue weighted by molar-refractivity contribution is 5.76. The minimum atomic E-state index is -0.269. The molecule has 0 saturated carbocycles. The molecular weight excluding hydrogens is 280 g/mol. The highest BCUT2D eigenvalue weighted by Crippen LogP contribution is 2.14. The Bertz CT molecular complexity index is 345. The summed E-state index contributed by atoms with van der Waals surface area (Å²) in [6, 6.07) is 0.498. The van der Waals surface area contributed by atoms with E-state index in [0.29, 0.717) is 18.4 Å². The van der Waals surface area contributed by atoms with Gasteiger partial charge in [0.2, 0.25) is 5.91 Å². The van der Waals surface area contributed by atoms with Crippen LogP contribution in [0.3, 0.4) is 0 Å². The average Bonchev–Trinajstić information content (AvgIpc) is 2.54. The first-order valence-electron chi connectivity index (χ1n) is 8.73. The molecule has 2 N–H and O–H groups in total. The number of aliphatic hydroxyl groups is 1. The van der Waals surface area contributed by atoms with Crippen LogP contribution in [0, 0.1) is 0 Å². The molecule has 0 aromatic rings. The molecule has 2 atom stereocenters. The van der Waals surface area contributed by atoms with Crippen molar-refractivity contribution in [3.05, 3.63) is 0 Å². The van der Waals surface area contributed by atoms with E-state index in [1.165, 1.54) is 0 Å². The van der Waals surface area contributed by atoms with Crippen molar-refractivity contribution in [2.75, 3.05) is 58.9 Å². The zero-order chi connectivity index (χ0) is 15.9. The third-order valence-electron chi connectivity index (χ3n) is 4.77. The summed E-state index contributed by atoms with van der Waals surface area (Å²) in [6.07, 6.45) is 1.46. The highest BCUT2D eigenvalue weighted by Gasteiger charge is 2.27. The average molecular weight is 312 g/mol. The van der Waals surface area contributed by atoms with Gasteiger partial charge in [-0.05, 0) is 13.3 Å². The van der Waals surface area contributed by atoms with Crippen molar-refractivity contribution >= 4 is 5.91 Å². The Morgan fingerprint density at radius 1 is 1.27 bits per heavy atom. The maximum absolute atomic E-state index is 12.2. The van der Waals surface area contributed by atoms with Crippen LogP contribution in [0.15, 0.2) is 0 Å². The summed E-state index contributed by atoms with van der Waals surface area (Å²) < 4.78 is 0. The molecular formula is C16H32N4O2. The van der Waals surface area contributed by atoms with Gasteiger partial charge in [0.1, 0.15) is 0 Å². The van der Waals surface area contributed by atoms with Gasteiger partial charge in [0, 0.05) is 71.4 Å². The Kier molecular flexibility index (Phi) is 7.08. The molecule has 6 nitrogen and oxygen atoms in total. The van der Waals surface area contributed by atoms with Crippen molar-refractivity contribution in [2.45, 2.75) is 38.8 Å². The smallest absolute Gasteiger partial charge is 0.223 e. The van der Waals surface area contributed by atoms with Crippen molar-refractivity contribution in [3.8, 4) is 0 Å². The Balaban J connectivity index is 1.73. The number of nitrogens with one attached hydrogen (secondary N) is 1. The molecule has 2 heterocycles. The molecule has 2 fully saturated rings. The van der Waals surface area contributed by atoms with Gasteiger partial charge in [-0.15, -0.1) is 0 Å². The van der Waals surface area contributed by atoms with Gasteiger partial charge in [-0.1, -0.05) is 6.92 Å². The maximum Gasteiger partial charge on any atom is 0.223 e. The number of β-amino-alcohol motifs (C(OH)–C–C–N with tert-alkyl or cyclic N) is 1. The summed E-state index contributed by atoms with van der Waals surface area (Å²) in [5.74, 6) is 0.293. The van der Waals surface area contributed by atoms with Crippen molar-refractivity contribution in [3.63, 3.8) is 0 Å². The Labute approximate surface area is 134 Å². The van der Waals surface area contributed by atoms with E-state index in [4.69, 9.17) is 0 Å². The van der Waals surface area contributed by atoms with E-state index in [1.807, 2.05) is 11.8 Å². The number of piperazine rings is 2. The summed E-state index contributed by atoms with van der Waals surface area (Å²) in [7, 11) is 0. The number of amides is 1. The molecule has 0 aliphatic carbocycles. The lowest BCUT2D eigenvalue weighted by atomic mass is 10.1. The zero-order valence-electron chi connectivity index (χ0n) is 14.1. The number of nitrogens with zero attached hydrogens (tertiary/aromatic N) is 3. The molecule has 6 heteroatoms. The lowest BCUT2D eigenvalue weighted by Crippen LogP contribution is -2.55. The van der Waals surface area contributed by atoms with E-state index in [9.17, 15) is 9.90 Å². The second-order valence-corrected chi connectivity index (χ2v) is 6.59. The summed E-state index contributed by atoms with van der Waals surface area (Å²) in [5.41, 5.74) is 0. The van der Waals surface area contributed by atoms with Crippen LogP contribution >= 0.6 is 0 Å². The minimum Gasteiger partial charge on any atom is -0.392 e. The Morgan fingerprint density at radius 2 is 2.00 bits per heavy atom. The van der Waals surface area contributed by atoms with Gasteiger partial charge in [0.05, 0.1) is 6.10 Å². The fourth-order valence-corrected chi connectivity index (χ4v) is 3.45. The molecule has 128 valence electrons. The molecule has 2 saturated heterocycles. The number of carbonyl (C=O) groups is 1. The van der Waals surface area contributed by atoms with Crippen molar-refractivity contribution < 1.29 is 9.90 Å². The van der Waals surface area contributed by atoms with Gasteiger partial charge in [-0.2, -0.15) is 0 Å². The molecule has 0 aromatic heterocycles. The van der Waals surface area contributed by atoms with Gasteiger partial charge in [0.15, 0.2) is 0 Å². The normalized spacial score (nSPS) is 26.1. The number of carbonyl (C=O) groups excluding carboxylic acids is 1. The van der Waals surface area contributed by atoms with Crippen molar-refractivity contribution in [1.82, 2.24) is 20.0 Å². The van der Waals surface area contributed by atoms with Crippen LogP contribution in [0.1, 0.15) is 26.7 Å². The third kappa shape index (κ3) is 5.19. The number of rotatable bonds is 6. The van der Waals surface area contributed by atoms with E-state index in [-0.39, 0.29) is 6.10 Å². The summed E-state index contributed by atoms with van der Waals surface area (Å²) in [4.78, 5) is 19.0. The monoisotopic (exact) mass is 312 g/mol. The second kappa shape index (κ2) is 8.82. The van der Waals surface area contributed by atoms with Gasteiger partial charge < -0.3 is 15.3 Å². The van der Waals surface area contributed by atoms with Gasteiger partial charge in [0.25, 0.3) is 0 Å². The van der Waals surface area contributed by atoms with Crippen LogP contribution in [0.5, 0.6) is 0 Å². The van der Waals surface area contributed by atoms with Crippen LogP contribution in [0.2, 0.25) is 0 Å². The predicted octanol–water partition coefficient (Wildman–Crippen LogP) is -0.415. The largest absolute Gasteiger partial charge is 0.392 e. The standard InChI is InChI=1S/C16H32N4O2/c1-3-15-13-18(10-11-20(15)12-14(2)21)7-4-16(22)19-8-5-17-6-9-19/h14-15,17,21H,3-13H2,1-2H3. The molecule has 2 rings (SSSR count). The van der Waals surface area contributed by atoms with Crippen LogP contribution in [-0.2, 0) is 4.79 Å². The second-order valence-electron chi connectivity index (χ2n) is 6.59. The Hall–Kier alpha value is -0.690. The topological polar surface area (TPSA) is 59.1 Å². The predicted molar refractivity (Wildman–Crippen MR) is 87.8 cm³/mol.